The number of anilines is 1. The number of benzene rings is 2. The predicted octanol–water partition coefficient (Wildman–Crippen LogP) is 2.81. The van der Waals surface area contributed by atoms with Crippen molar-refractivity contribution in [2.45, 2.75) is 13.8 Å². The number of carbonyl (C=O) groups excluding carboxylic acids is 2. The zero-order chi connectivity index (χ0) is 14.4. The van der Waals surface area contributed by atoms with Gasteiger partial charge in [0.1, 0.15) is 5.75 Å². The van der Waals surface area contributed by atoms with Gasteiger partial charge < -0.3 is 5.11 Å². The topological polar surface area (TPSA) is 57.6 Å². The monoisotopic (exact) mass is 267 g/mol. The molecule has 0 bridgehead atoms. The Hall–Kier alpha value is -2.62. The van der Waals surface area contributed by atoms with E-state index in [9.17, 15) is 14.7 Å². The van der Waals surface area contributed by atoms with Crippen molar-refractivity contribution in [3.63, 3.8) is 0 Å². The summed E-state index contributed by atoms with van der Waals surface area (Å²) in [6.45, 7) is 3.65. The van der Waals surface area contributed by atoms with Crippen molar-refractivity contribution < 1.29 is 14.7 Å². The van der Waals surface area contributed by atoms with Crippen molar-refractivity contribution >= 4 is 17.5 Å². The lowest BCUT2D eigenvalue weighted by Crippen LogP contribution is -2.29. The van der Waals surface area contributed by atoms with Crippen molar-refractivity contribution in [1.29, 1.82) is 0 Å². The molecule has 0 aliphatic carbocycles. The summed E-state index contributed by atoms with van der Waals surface area (Å²) >= 11 is 0. The summed E-state index contributed by atoms with van der Waals surface area (Å²) in [6, 6.07) is 9.72. The van der Waals surface area contributed by atoms with Crippen molar-refractivity contribution in [3.05, 3.63) is 58.7 Å². The molecule has 0 unspecified atom stereocenters. The van der Waals surface area contributed by atoms with Crippen LogP contribution in [-0.2, 0) is 0 Å². The number of rotatable bonds is 1. The Morgan fingerprint density at radius 3 is 1.70 bits per heavy atom. The van der Waals surface area contributed by atoms with Crippen LogP contribution in [0, 0.1) is 13.8 Å². The molecule has 1 heterocycles. The van der Waals surface area contributed by atoms with Crippen LogP contribution in [0.25, 0.3) is 0 Å². The average Bonchev–Trinajstić information content (AvgIpc) is 2.69. The summed E-state index contributed by atoms with van der Waals surface area (Å²) in [4.78, 5) is 26.2. The minimum atomic E-state index is -0.308. The van der Waals surface area contributed by atoms with E-state index in [-0.39, 0.29) is 17.6 Å². The number of hydrogen-bond donors (Lipinski definition) is 1. The molecule has 0 fully saturated rings. The lowest BCUT2D eigenvalue weighted by Gasteiger charge is -2.13. The second kappa shape index (κ2) is 4.20. The highest BCUT2D eigenvalue weighted by molar-refractivity contribution is 6.35. The number of nitrogens with zero attached hydrogens (tertiary/aromatic N) is 1. The van der Waals surface area contributed by atoms with Gasteiger partial charge in [-0.05, 0) is 49.2 Å². The fraction of sp³-hybridized carbons (Fsp3) is 0.125. The first-order valence-electron chi connectivity index (χ1n) is 6.28. The number of aromatic hydroxyl groups is 1. The van der Waals surface area contributed by atoms with Crippen molar-refractivity contribution in [3.8, 4) is 5.75 Å². The Labute approximate surface area is 116 Å². The molecule has 100 valence electrons. The minimum absolute atomic E-state index is 0.0951. The van der Waals surface area contributed by atoms with E-state index in [1.807, 2.05) is 26.0 Å². The van der Waals surface area contributed by atoms with Gasteiger partial charge in [0.05, 0.1) is 16.8 Å². The largest absolute Gasteiger partial charge is 0.508 e. The van der Waals surface area contributed by atoms with Crippen LogP contribution in [0.3, 0.4) is 0 Å². The summed E-state index contributed by atoms with van der Waals surface area (Å²) in [5.41, 5.74) is 3.01. The number of hydrogen-bond acceptors (Lipinski definition) is 3. The van der Waals surface area contributed by atoms with Crippen LogP contribution in [0.4, 0.5) is 5.69 Å². The van der Waals surface area contributed by atoms with Crippen LogP contribution in [-0.4, -0.2) is 16.9 Å². The minimum Gasteiger partial charge on any atom is -0.508 e. The van der Waals surface area contributed by atoms with Crippen LogP contribution in [0.15, 0.2) is 36.4 Å². The van der Waals surface area contributed by atoms with Crippen molar-refractivity contribution in [1.82, 2.24) is 0 Å². The van der Waals surface area contributed by atoms with Gasteiger partial charge in [-0.25, -0.2) is 4.90 Å². The molecule has 0 aromatic heterocycles. The number of carbonyl (C=O) groups is 2. The van der Waals surface area contributed by atoms with E-state index in [1.54, 1.807) is 12.1 Å². The SMILES string of the molecule is Cc1ccc(C)c2c1C(=O)N(c1ccc(O)cc1)C2=O. The molecule has 1 aliphatic rings. The van der Waals surface area contributed by atoms with Crippen LogP contribution < -0.4 is 4.90 Å². The fourth-order valence-electron chi connectivity index (χ4n) is 2.51. The molecule has 0 spiro atoms. The molecule has 3 rings (SSSR count). The summed E-state index contributed by atoms with van der Waals surface area (Å²) in [5.74, 6) is -0.522. The summed E-state index contributed by atoms with van der Waals surface area (Å²) < 4.78 is 0. The van der Waals surface area contributed by atoms with Gasteiger partial charge in [0.2, 0.25) is 0 Å². The van der Waals surface area contributed by atoms with Gasteiger partial charge >= 0.3 is 0 Å². The lowest BCUT2D eigenvalue weighted by molar-refractivity contribution is 0.0926. The van der Waals surface area contributed by atoms with Gasteiger partial charge in [0, 0.05) is 0 Å². The van der Waals surface area contributed by atoms with E-state index in [2.05, 4.69) is 0 Å². The van der Waals surface area contributed by atoms with E-state index in [1.165, 1.54) is 12.1 Å². The molecule has 0 saturated heterocycles. The molecule has 1 N–H and O–H groups in total. The molecule has 4 heteroatoms. The molecular formula is C16H13NO3. The Kier molecular flexibility index (Phi) is 2.61. The highest BCUT2D eigenvalue weighted by Gasteiger charge is 2.38. The van der Waals surface area contributed by atoms with Crippen LogP contribution in [0.2, 0.25) is 0 Å². The first kappa shape index (κ1) is 12.4. The van der Waals surface area contributed by atoms with Crippen LogP contribution in [0.5, 0.6) is 5.75 Å². The quantitative estimate of drug-likeness (QED) is 0.808. The normalized spacial score (nSPS) is 13.8. The highest BCUT2D eigenvalue weighted by atomic mass is 16.3. The van der Waals surface area contributed by atoms with Crippen LogP contribution >= 0.6 is 0 Å². The van der Waals surface area contributed by atoms with Gasteiger partial charge in [0.15, 0.2) is 0 Å². The summed E-state index contributed by atoms with van der Waals surface area (Å²) in [7, 11) is 0. The van der Waals surface area contributed by atoms with E-state index < -0.39 is 0 Å². The predicted molar refractivity (Wildman–Crippen MR) is 75.2 cm³/mol. The van der Waals surface area contributed by atoms with Gasteiger partial charge in [-0.1, -0.05) is 12.1 Å². The number of phenolic OH excluding ortho intramolecular Hbond substituents is 1. The van der Waals surface area contributed by atoms with Gasteiger partial charge in [0.25, 0.3) is 11.8 Å². The zero-order valence-corrected chi connectivity index (χ0v) is 11.2. The molecule has 4 nitrogen and oxygen atoms in total. The molecule has 2 aromatic rings. The van der Waals surface area contributed by atoms with Gasteiger partial charge in [-0.2, -0.15) is 0 Å². The average molecular weight is 267 g/mol. The Balaban J connectivity index is 2.17. The molecular weight excluding hydrogens is 254 g/mol. The summed E-state index contributed by atoms with van der Waals surface area (Å²) in [5, 5.41) is 9.30. The lowest BCUT2D eigenvalue weighted by atomic mass is 9.99. The number of imide groups is 1. The maximum atomic E-state index is 12.5. The van der Waals surface area contributed by atoms with E-state index in [4.69, 9.17) is 0 Å². The second-order valence-electron chi connectivity index (χ2n) is 4.91. The van der Waals surface area contributed by atoms with E-state index >= 15 is 0 Å². The number of fused-ring (bicyclic) bond motifs is 1. The van der Waals surface area contributed by atoms with E-state index in [0.29, 0.717) is 16.8 Å². The third-order valence-electron chi connectivity index (χ3n) is 3.56. The first-order chi connectivity index (χ1) is 9.50. The summed E-state index contributed by atoms with van der Waals surface area (Å²) in [6.07, 6.45) is 0. The fourth-order valence-corrected chi connectivity index (χ4v) is 2.51. The van der Waals surface area contributed by atoms with Gasteiger partial charge in [-0.3, -0.25) is 9.59 Å². The third kappa shape index (κ3) is 1.61. The number of amides is 2. The first-order valence-corrected chi connectivity index (χ1v) is 6.28. The van der Waals surface area contributed by atoms with Crippen LogP contribution in [0.1, 0.15) is 31.8 Å². The number of aryl methyl sites for hydroxylation is 2. The van der Waals surface area contributed by atoms with Crippen molar-refractivity contribution in [2.24, 2.45) is 0 Å². The van der Waals surface area contributed by atoms with Crippen molar-refractivity contribution in [2.75, 3.05) is 4.90 Å². The van der Waals surface area contributed by atoms with Gasteiger partial charge in [-0.15, -0.1) is 0 Å². The standard InChI is InChI=1S/C16H13NO3/c1-9-3-4-10(2)14-13(9)15(19)17(16(14)20)11-5-7-12(18)8-6-11/h3-8,18H,1-2H3. The maximum absolute atomic E-state index is 12.5. The third-order valence-corrected chi connectivity index (χ3v) is 3.56. The molecule has 20 heavy (non-hydrogen) atoms. The molecule has 2 amide bonds. The Morgan fingerprint density at radius 1 is 0.800 bits per heavy atom. The molecule has 0 radical (unpaired) electrons. The zero-order valence-electron chi connectivity index (χ0n) is 11.2. The Morgan fingerprint density at radius 2 is 1.25 bits per heavy atom. The second-order valence-corrected chi connectivity index (χ2v) is 4.91. The molecule has 0 atom stereocenters. The van der Waals surface area contributed by atoms with E-state index in [0.717, 1.165) is 16.0 Å². The molecule has 2 aromatic carbocycles. The molecule has 1 aliphatic heterocycles. The maximum Gasteiger partial charge on any atom is 0.266 e. The smallest absolute Gasteiger partial charge is 0.266 e. The Bertz CT molecular complexity index is 691. The highest BCUT2D eigenvalue weighted by Crippen LogP contribution is 2.32. The number of phenols is 1. The molecule has 0 saturated carbocycles.